The molecule has 0 rings (SSSR count). The van der Waals surface area contributed by atoms with Crippen molar-refractivity contribution in [1.82, 2.24) is 5.32 Å². The molecule has 5 heteroatoms. The van der Waals surface area contributed by atoms with Crippen LogP contribution in [0.3, 0.4) is 0 Å². The predicted molar refractivity (Wildman–Crippen MR) is 71.6 cm³/mol. The Bertz CT molecular complexity index is 285. The minimum atomic E-state index is -0.981. The molecule has 0 saturated heterocycles. The van der Waals surface area contributed by atoms with Gasteiger partial charge in [0.05, 0.1) is 0 Å². The van der Waals surface area contributed by atoms with Crippen molar-refractivity contribution >= 4 is 11.9 Å². The summed E-state index contributed by atoms with van der Waals surface area (Å²) < 4.78 is 0. The van der Waals surface area contributed by atoms with Crippen LogP contribution in [0.25, 0.3) is 0 Å². The molecular weight excluding hydrogens is 234 g/mol. The average Bonchev–Trinajstić information content (AvgIpc) is 2.33. The number of hydrogen-bond acceptors (Lipinski definition) is 3. The lowest BCUT2D eigenvalue weighted by Crippen LogP contribution is -2.16. The number of unbranched alkanes of at least 4 members (excludes halogenated alkanes) is 1. The zero-order valence-electron chi connectivity index (χ0n) is 11.1. The number of carboxylic acid groups (broad SMARTS) is 2. The first-order chi connectivity index (χ1) is 8.45. The van der Waals surface area contributed by atoms with E-state index >= 15 is 0 Å². The highest BCUT2D eigenvalue weighted by Gasteiger charge is 1.97. The number of hydrogen-bond donors (Lipinski definition) is 3. The highest BCUT2D eigenvalue weighted by molar-refractivity contribution is 5.85. The van der Waals surface area contributed by atoms with Gasteiger partial charge in [0.15, 0.2) is 0 Å². The van der Waals surface area contributed by atoms with Crippen LogP contribution in [0.5, 0.6) is 0 Å². The van der Waals surface area contributed by atoms with Crippen LogP contribution in [0, 0.1) is 0 Å². The zero-order chi connectivity index (χ0) is 14.4. The second kappa shape index (κ2) is 13.4. The lowest BCUT2D eigenvalue weighted by Gasteiger charge is -2.00. The van der Waals surface area contributed by atoms with Crippen molar-refractivity contribution in [3.63, 3.8) is 0 Å². The van der Waals surface area contributed by atoms with Gasteiger partial charge in [-0.3, -0.25) is 0 Å². The summed E-state index contributed by atoms with van der Waals surface area (Å²) in [5.74, 6) is -1.81. The van der Waals surface area contributed by atoms with Crippen LogP contribution < -0.4 is 5.32 Å². The molecule has 0 radical (unpaired) electrons. The summed E-state index contributed by atoms with van der Waals surface area (Å²) in [6.07, 6.45) is 5.75. The molecule has 0 amide bonds. The standard InChI is InChI=1S/C10H19NO2.C3H4O2/c1-3-4-7-11-8-5-6-9(2)10(12)13;1-2-3(4)5/h6,11H,3-5,7-8H2,1-2H3,(H,12,13);2H,1H2,(H,4,5). The fourth-order valence-electron chi connectivity index (χ4n) is 0.905. The lowest BCUT2D eigenvalue weighted by atomic mass is 10.2. The van der Waals surface area contributed by atoms with Crippen LogP contribution >= 0.6 is 0 Å². The summed E-state index contributed by atoms with van der Waals surface area (Å²) in [6, 6.07) is 0. The van der Waals surface area contributed by atoms with E-state index in [4.69, 9.17) is 10.2 Å². The number of carbonyl (C=O) groups is 2. The van der Waals surface area contributed by atoms with Crippen molar-refractivity contribution in [3.8, 4) is 0 Å². The number of carboxylic acids is 2. The van der Waals surface area contributed by atoms with Crippen molar-refractivity contribution in [3.05, 3.63) is 24.3 Å². The Hall–Kier alpha value is -1.62. The second-order valence-electron chi connectivity index (χ2n) is 3.63. The van der Waals surface area contributed by atoms with E-state index < -0.39 is 11.9 Å². The van der Waals surface area contributed by atoms with Crippen LogP contribution in [-0.2, 0) is 9.59 Å². The summed E-state index contributed by atoms with van der Waals surface area (Å²) in [5, 5.41) is 19.4. The fraction of sp³-hybridized carbons (Fsp3) is 0.538. The average molecular weight is 257 g/mol. The van der Waals surface area contributed by atoms with Crippen LogP contribution in [0.15, 0.2) is 24.3 Å². The van der Waals surface area contributed by atoms with Gasteiger partial charge in [-0.05, 0) is 32.9 Å². The topological polar surface area (TPSA) is 86.6 Å². The third-order valence-corrected chi connectivity index (χ3v) is 1.99. The first kappa shape index (κ1) is 18.7. The largest absolute Gasteiger partial charge is 0.478 e. The minimum absolute atomic E-state index is 0.428. The van der Waals surface area contributed by atoms with Gasteiger partial charge in [-0.15, -0.1) is 0 Å². The van der Waals surface area contributed by atoms with Crippen LogP contribution in [-0.4, -0.2) is 35.2 Å². The quantitative estimate of drug-likeness (QED) is 0.457. The van der Waals surface area contributed by atoms with E-state index in [0.717, 1.165) is 25.6 Å². The molecule has 104 valence electrons. The van der Waals surface area contributed by atoms with Crippen molar-refractivity contribution < 1.29 is 19.8 Å². The third kappa shape index (κ3) is 16.8. The molecule has 0 atom stereocenters. The van der Waals surface area contributed by atoms with Gasteiger partial charge in [0.2, 0.25) is 0 Å². The number of aliphatic carboxylic acids is 2. The molecule has 5 nitrogen and oxygen atoms in total. The molecule has 0 unspecified atom stereocenters. The normalized spacial score (nSPS) is 10.2. The Balaban J connectivity index is 0. The van der Waals surface area contributed by atoms with Gasteiger partial charge in [-0.1, -0.05) is 26.0 Å². The predicted octanol–water partition coefficient (Wildman–Crippen LogP) is 2.05. The molecule has 0 aromatic rings. The van der Waals surface area contributed by atoms with Gasteiger partial charge >= 0.3 is 11.9 Å². The number of rotatable bonds is 8. The molecule has 0 aliphatic rings. The molecule has 18 heavy (non-hydrogen) atoms. The van der Waals surface area contributed by atoms with Crippen molar-refractivity contribution in [1.29, 1.82) is 0 Å². The molecule has 0 spiro atoms. The second-order valence-corrected chi connectivity index (χ2v) is 3.63. The van der Waals surface area contributed by atoms with Crippen molar-refractivity contribution in [2.24, 2.45) is 0 Å². The molecule has 0 aromatic carbocycles. The molecule has 0 aromatic heterocycles. The van der Waals surface area contributed by atoms with E-state index in [0.29, 0.717) is 5.57 Å². The maximum Gasteiger partial charge on any atom is 0.330 e. The molecule has 0 fully saturated rings. The molecule has 0 saturated carbocycles. The summed E-state index contributed by atoms with van der Waals surface area (Å²) in [7, 11) is 0. The van der Waals surface area contributed by atoms with Gasteiger partial charge < -0.3 is 15.5 Å². The first-order valence-electron chi connectivity index (χ1n) is 5.91. The summed E-state index contributed by atoms with van der Waals surface area (Å²) in [5.41, 5.74) is 0.428. The fourth-order valence-corrected chi connectivity index (χ4v) is 0.905. The maximum atomic E-state index is 10.4. The molecule has 0 aliphatic carbocycles. The van der Waals surface area contributed by atoms with E-state index in [-0.39, 0.29) is 0 Å². The smallest absolute Gasteiger partial charge is 0.330 e. The molecular formula is C13H23NO4. The Morgan fingerprint density at radius 3 is 2.22 bits per heavy atom. The van der Waals surface area contributed by atoms with E-state index in [1.807, 2.05) is 0 Å². The molecule has 3 N–H and O–H groups in total. The Kier molecular flexibility index (Phi) is 14.0. The highest BCUT2D eigenvalue weighted by Crippen LogP contribution is 1.94. The Labute approximate surface area is 108 Å². The SMILES string of the molecule is C=CC(=O)O.CCCCNCCC=C(C)C(=O)O. The monoisotopic (exact) mass is 257 g/mol. The third-order valence-electron chi connectivity index (χ3n) is 1.99. The van der Waals surface area contributed by atoms with E-state index in [9.17, 15) is 9.59 Å². The van der Waals surface area contributed by atoms with Crippen LogP contribution in [0.2, 0.25) is 0 Å². The Morgan fingerprint density at radius 2 is 1.83 bits per heavy atom. The van der Waals surface area contributed by atoms with Gasteiger partial charge in [-0.25, -0.2) is 9.59 Å². The minimum Gasteiger partial charge on any atom is -0.478 e. The van der Waals surface area contributed by atoms with Crippen LogP contribution in [0.1, 0.15) is 33.1 Å². The zero-order valence-corrected chi connectivity index (χ0v) is 11.1. The maximum absolute atomic E-state index is 10.4. The van der Waals surface area contributed by atoms with Crippen molar-refractivity contribution in [2.45, 2.75) is 33.1 Å². The highest BCUT2D eigenvalue weighted by atomic mass is 16.4. The summed E-state index contributed by atoms with van der Waals surface area (Å²) in [6.45, 7) is 8.62. The molecule has 0 heterocycles. The molecule has 0 aliphatic heterocycles. The van der Waals surface area contributed by atoms with Gasteiger partial charge in [0.25, 0.3) is 0 Å². The lowest BCUT2D eigenvalue weighted by molar-refractivity contribution is -0.133. The molecule has 0 bridgehead atoms. The van der Waals surface area contributed by atoms with Crippen molar-refractivity contribution in [2.75, 3.05) is 13.1 Å². The Morgan fingerprint density at radius 1 is 1.28 bits per heavy atom. The van der Waals surface area contributed by atoms with E-state index in [1.165, 1.54) is 12.8 Å². The van der Waals surface area contributed by atoms with Crippen LogP contribution in [0.4, 0.5) is 0 Å². The first-order valence-corrected chi connectivity index (χ1v) is 5.91. The number of nitrogens with one attached hydrogen (secondary N) is 1. The summed E-state index contributed by atoms with van der Waals surface area (Å²) >= 11 is 0. The van der Waals surface area contributed by atoms with Gasteiger partial charge in [0, 0.05) is 11.6 Å². The summed E-state index contributed by atoms with van der Waals surface area (Å²) in [4.78, 5) is 19.6. The van der Waals surface area contributed by atoms with E-state index in [1.54, 1.807) is 13.0 Å². The van der Waals surface area contributed by atoms with Gasteiger partial charge in [-0.2, -0.15) is 0 Å². The van der Waals surface area contributed by atoms with E-state index in [2.05, 4.69) is 18.8 Å². The van der Waals surface area contributed by atoms with Gasteiger partial charge in [0.1, 0.15) is 0 Å².